The molecule has 3 aromatic carbocycles. The number of amides is 2. The molecule has 0 radical (unpaired) electrons. The van der Waals surface area contributed by atoms with Gasteiger partial charge in [-0.2, -0.15) is 0 Å². The standard InChI is InChI=1S/C26H27BrFN3O4S/c1-18-4-14-24(15-5-18)36(34,35)31(23-12-8-21(27)9-13-23)17-25(32)30(19(2)26(33)29-3)16-20-6-10-22(28)11-7-20/h4-15,19H,16-17H2,1-3H3,(H,29,33). The van der Waals surface area contributed by atoms with Crippen LogP contribution in [-0.2, 0) is 26.2 Å². The van der Waals surface area contributed by atoms with Crippen LogP contribution in [0.1, 0.15) is 18.1 Å². The summed E-state index contributed by atoms with van der Waals surface area (Å²) >= 11 is 3.34. The molecule has 1 N–H and O–H groups in total. The molecular formula is C26H27BrFN3O4S. The predicted molar refractivity (Wildman–Crippen MR) is 140 cm³/mol. The number of nitrogens with one attached hydrogen (secondary N) is 1. The molecule has 3 rings (SSSR count). The first kappa shape index (κ1) is 27.3. The van der Waals surface area contributed by atoms with Crippen molar-refractivity contribution in [2.45, 2.75) is 31.3 Å². The number of nitrogens with zero attached hydrogens (tertiary/aromatic N) is 2. The van der Waals surface area contributed by atoms with E-state index >= 15 is 0 Å². The topological polar surface area (TPSA) is 86.8 Å². The van der Waals surface area contributed by atoms with Crippen LogP contribution in [-0.4, -0.2) is 44.8 Å². The molecule has 0 heterocycles. The van der Waals surface area contributed by atoms with Crippen LogP contribution in [0, 0.1) is 12.7 Å². The second-order valence-electron chi connectivity index (χ2n) is 8.24. The summed E-state index contributed by atoms with van der Waals surface area (Å²) in [5.41, 5.74) is 1.78. The van der Waals surface area contributed by atoms with Crippen LogP contribution in [0.2, 0.25) is 0 Å². The lowest BCUT2D eigenvalue weighted by molar-refractivity contribution is -0.139. The van der Waals surface area contributed by atoms with Crippen LogP contribution in [0.3, 0.4) is 0 Å². The molecule has 0 aliphatic heterocycles. The van der Waals surface area contributed by atoms with E-state index in [0.717, 1.165) is 14.3 Å². The highest BCUT2D eigenvalue weighted by Crippen LogP contribution is 2.26. The van der Waals surface area contributed by atoms with Gasteiger partial charge in [-0.3, -0.25) is 13.9 Å². The van der Waals surface area contributed by atoms with Crippen molar-refractivity contribution in [3.63, 3.8) is 0 Å². The molecule has 1 unspecified atom stereocenters. The maximum atomic E-state index is 13.7. The first-order valence-corrected chi connectivity index (χ1v) is 13.4. The lowest BCUT2D eigenvalue weighted by Gasteiger charge is -2.31. The molecule has 10 heteroatoms. The Morgan fingerprint density at radius 1 is 0.972 bits per heavy atom. The minimum atomic E-state index is -4.12. The van der Waals surface area contributed by atoms with Crippen LogP contribution >= 0.6 is 15.9 Å². The molecule has 7 nitrogen and oxygen atoms in total. The third-order valence-electron chi connectivity index (χ3n) is 5.68. The van der Waals surface area contributed by atoms with Crippen LogP contribution in [0.5, 0.6) is 0 Å². The zero-order valence-corrected chi connectivity index (χ0v) is 22.5. The van der Waals surface area contributed by atoms with Gasteiger partial charge in [-0.1, -0.05) is 45.8 Å². The Kier molecular flexibility index (Phi) is 8.86. The van der Waals surface area contributed by atoms with Crippen LogP contribution < -0.4 is 9.62 Å². The molecule has 0 saturated heterocycles. The summed E-state index contributed by atoms with van der Waals surface area (Å²) in [6, 6.07) is 17.6. The number of benzene rings is 3. The SMILES string of the molecule is CNC(=O)C(C)N(Cc1ccc(F)cc1)C(=O)CN(c1ccc(Br)cc1)S(=O)(=O)c1ccc(C)cc1. The minimum absolute atomic E-state index is 0.00748. The van der Waals surface area contributed by atoms with E-state index in [9.17, 15) is 22.4 Å². The Balaban J connectivity index is 2.01. The number of anilines is 1. The fraction of sp³-hybridized carbons (Fsp3) is 0.231. The Hall–Kier alpha value is -3.24. The predicted octanol–water partition coefficient (Wildman–Crippen LogP) is 4.26. The number of carbonyl (C=O) groups excluding carboxylic acids is 2. The summed E-state index contributed by atoms with van der Waals surface area (Å²) < 4.78 is 42.5. The van der Waals surface area contributed by atoms with Gasteiger partial charge >= 0.3 is 0 Å². The second-order valence-corrected chi connectivity index (χ2v) is 11.0. The number of halogens is 2. The van der Waals surface area contributed by atoms with Gasteiger partial charge in [-0.15, -0.1) is 0 Å². The summed E-state index contributed by atoms with van der Waals surface area (Å²) in [4.78, 5) is 27.4. The smallest absolute Gasteiger partial charge is 0.264 e. The number of likely N-dealkylation sites (N-methyl/N-ethyl adjacent to an activating group) is 1. The van der Waals surface area contributed by atoms with Gasteiger partial charge in [0.2, 0.25) is 11.8 Å². The van der Waals surface area contributed by atoms with Crippen molar-refractivity contribution in [2.75, 3.05) is 17.9 Å². The third kappa shape index (κ3) is 6.50. The van der Waals surface area contributed by atoms with E-state index in [4.69, 9.17) is 0 Å². The highest BCUT2D eigenvalue weighted by atomic mass is 79.9. The van der Waals surface area contributed by atoms with Gasteiger partial charge < -0.3 is 10.2 Å². The fourth-order valence-corrected chi connectivity index (χ4v) is 5.23. The van der Waals surface area contributed by atoms with Crippen molar-refractivity contribution in [3.8, 4) is 0 Å². The van der Waals surface area contributed by atoms with E-state index in [1.807, 2.05) is 6.92 Å². The van der Waals surface area contributed by atoms with Crippen molar-refractivity contribution < 1.29 is 22.4 Å². The van der Waals surface area contributed by atoms with Gasteiger partial charge in [-0.05, 0) is 67.9 Å². The molecule has 0 aromatic heterocycles. The van der Waals surface area contributed by atoms with E-state index in [2.05, 4.69) is 21.2 Å². The Morgan fingerprint density at radius 2 is 1.56 bits per heavy atom. The van der Waals surface area contributed by atoms with E-state index in [1.54, 1.807) is 43.3 Å². The molecule has 2 amide bonds. The van der Waals surface area contributed by atoms with Crippen molar-refractivity contribution in [2.24, 2.45) is 0 Å². The van der Waals surface area contributed by atoms with Gasteiger partial charge in [0.25, 0.3) is 10.0 Å². The average molecular weight is 576 g/mol. The fourth-order valence-electron chi connectivity index (χ4n) is 3.55. The first-order valence-electron chi connectivity index (χ1n) is 11.1. The third-order valence-corrected chi connectivity index (χ3v) is 8.00. The van der Waals surface area contributed by atoms with Gasteiger partial charge in [0.05, 0.1) is 10.6 Å². The van der Waals surface area contributed by atoms with Gasteiger partial charge in [0.15, 0.2) is 0 Å². The number of hydrogen-bond donors (Lipinski definition) is 1. The van der Waals surface area contributed by atoms with Gasteiger partial charge in [-0.25, -0.2) is 12.8 Å². The van der Waals surface area contributed by atoms with Crippen molar-refractivity contribution in [1.82, 2.24) is 10.2 Å². The zero-order chi connectivity index (χ0) is 26.5. The zero-order valence-electron chi connectivity index (χ0n) is 20.1. The maximum absolute atomic E-state index is 13.7. The molecule has 0 fully saturated rings. The maximum Gasteiger partial charge on any atom is 0.264 e. The number of aryl methyl sites for hydroxylation is 1. The minimum Gasteiger partial charge on any atom is -0.357 e. The van der Waals surface area contributed by atoms with E-state index < -0.39 is 40.2 Å². The molecule has 1 atom stereocenters. The highest BCUT2D eigenvalue weighted by Gasteiger charge is 2.32. The second kappa shape index (κ2) is 11.7. The van der Waals surface area contributed by atoms with Crippen molar-refractivity contribution in [3.05, 3.63) is 94.2 Å². The molecule has 0 aliphatic rings. The number of rotatable bonds is 9. The normalized spacial score (nSPS) is 12.0. The van der Waals surface area contributed by atoms with Crippen LogP contribution in [0.25, 0.3) is 0 Å². The number of carbonyl (C=O) groups is 2. The quantitative estimate of drug-likeness (QED) is 0.413. The molecule has 0 aliphatic carbocycles. The number of sulfonamides is 1. The van der Waals surface area contributed by atoms with Crippen molar-refractivity contribution in [1.29, 1.82) is 0 Å². The lowest BCUT2D eigenvalue weighted by Crippen LogP contribution is -2.50. The molecular weight excluding hydrogens is 549 g/mol. The number of hydrogen-bond acceptors (Lipinski definition) is 4. The molecule has 190 valence electrons. The Morgan fingerprint density at radius 3 is 2.11 bits per heavy atom. The van der Waals surface area contributed by atoms with E-state index in [1.165, 1.54) is 48.3 Å². The summed E-state index contributed by atoms with van der Waals surface area (Å²) in [6.45, 7) is 2.85. The first-order chi connectivity index (χ1) is 17.0. The van der Waals surface area contributed by atoms with Crippen molar-refractivity contribution >= 4 is 43.5 Å². The van der Waals surface area contributed by atoms with Crippen LogP contribution in [0.4, 0.5) is 10.1 Å². The molecule has 0 spiro atoms. The van der Waals surface area contributed by atoms with E-state index in [0.29, 0.717) is 11.3 Å². The van der Waals surface area contributed by atoms with Gasteiger partial charge in [0.1, 0.15) is 18.4 Å². The molecule has 0 bridgehead atoms. The van der Waals surface area contributed by atoms with Gasteiger partial charge in [0, 0.05) is 18.1 Å². The molecule has 0 saturated carbocycles. The largest absolute Gasteiger partial charge is 0.357 e. The van der Waals surface area contributed by atoms with E-state index in [-0.39, 0.29) is 11.4 Å². The van der Waals surface area contributed by atoms with Crippen LogP contribution in [0.15, 0.2) is 82.2 Å². The molecule has 36 heavy (non-hydrogen) atoms. The summed E-state index contributed by atoms with van der Waals surface area (Å²) in [5.74, 6) is -1.43. The highest BCUT2D eigenvalue weighted by molar-refractivity contribution is 9.10. The summed E-state index contributed by atoms with van der Waals surface area (Å²) in [7, 11) is -2.67. The molecule has 3 aromatic rings. The monoisotopic (exact) mass is 575 g/mol. The summed E-state index contributed by atoms with van der Waals surface area (Å²) in [5, 5.41) is 2.52. The Labute approximate surface area is 219 Å². The lowest BCUT2D eigenvalue weighted by atomic mass is 10.1. The summed E-state index contributed by atoms with van der Waals surface area (Å²) in [6.07, 6.45) is 0. The Bertz CT molecular complexity index is 1310. The average Bonchev–Trinajstić information content (AvgIpc) is 2.86.